The van der Waals surface area contributed by atoms with Crippen LogP contribution >= 0.6 is 0 Å². The molecule has 2 aliphatic rings. The zero-order valence-corrected chi connectivity index (χ0v) is 34.6. The van der Waals surface area contributed by atoms with Gasteiger partial charge in [0.2, 0.25) is 35.7 Å². The van der Waals surface area contributed by atoms with Crippen LogP contribution in [0.15, 0.2) is 109 Å². The first kappa shape index (κ1) is 42.1. The first-order valence-electron chi connectivity index (χ1n) is 19.4. The van der Waals surface area contributed by atoms with Gasteiger partial charge in [-0.05, 0) is 59.7 Å². The third kappa shape index (κ3) is 10.1. The lowest BCUT2D eigenvalue weighted by Gasteiger charge is -2.31. The van der Waals surface area contributed by atoms with Crippen LogP contribution in [-0.2, 0) is 34.5 Å². The highest BCUT2D eigenvalue weighted by molar-refractivity contribution is 7.90. The molecule has 22 heteroatoms. The van der Waals surface area contributed by atoms with E-state index in [-0.39, 0.29) is 34.9 Å². The Morgan fingerprint density at radius 2 is 0.806 bits per heavy atom. The van der Waals surface area contributed by atoms with Crippen molar-refractivity contribution in [2.45, 2.75) is 4.75 Å². The second-order valence-corrected chi connectivity index (χ2v) is 17.3. The lowest BCUT2D eigenvalue weighted by molar-refractivity contribution is 0.122. The van der Waals surface area contributed by atoms with Crippen LogP contribution in [-0.4, -0.2) is 114 Å². The molecule has 2 aliphatic heterocycles. The van der Waals surface area contributed by atoms with Crippen LogP contribution in [0.2, 0.25) is 0 Å². The highest BCUT2D eigenvalue weighted by Crippen LogP contribution is 2.40. The molecule has 322 valence electrons. The van der Waals surface area contributed by atoms with Crippen LogP contribution < -0.4 is 31.1 Å². The summed E-state index contributed by atoms with van der Waals surface area (Å²) in [7, 11) is -10.3. The van der Waals surface area contributed by atoms with E-state index in [0.29, 0.717) is 75.9 Å². The highest BCUT2D eigenvalue weighted by atomic mass is 32.2. The topological polar surface area (TPSA) is 259 Å². The van der Waals surface area contributed by atoms with E-state index < -0.39 is 30.7 Å². The number of anilines is 10. The van der Waals surface area contributed by atoms with Gasteiger partial charge in [0.15, 0.2) is 4.75 Å². The fraction of sp³-hybridized carbons (Fsp3) is 0.250. The van der Waals surface area contributed by atoms with E-state index >= 15 is 0 Å². The minimum absolute atomic E-state index is 0.149. The van der Waals surface area contributed by atoms with E-state index in [1.54, 1.807) is 0 Å². The van der Waals surface area contributed by atoms with Crippen molar-refractivity contribution in [2.24, 2.45) is 0 Å². The predicted octanol–water partition coefficient (Wildman–Crippen LogP) is 4.72. The number of hydrogen-bond acceptors (Lipinski definition) is 18. The lowest BCUT2D eigenvalue weighted by atomic mass is 9.91. The SMILES string of the molecule is O=S(=O)(O)CC(c1ccc(Nc2nc(Nc3ccccc3)nc(N3CCOCC3)n2)cc1)(c1ccc(Nc2nc(Nc3ccccc3)nc(N3CCOCC3)n2)cc1)S(=O)(=O)O. The Labute approximate surface area is 357 Å². The van der Waals surface area contributed by atoms with Crippen molar-refractivity contribution >= 4 is 78.7 Å². The molecule has 0 spiro atoms. The van der Waals surface area contributed by atoms with Gasteiger partial charge in [-0.3, -0.25) is 9.11 Å². The predicted molar refractivity (Wildman–Crippen MR) is 233 cm³/mol. The van der Waals surface area contributed by atoms with Crippen molar-refractivity contribution in [3.8, 4) is 0 Å². The molecule has 0 unspecified atom stereocenters. The third-order valence-corrected chi connectivity index (χ3v) is 12.4. The molecule has 4 aromatic carbocycles. The van der Waals surface area contributed by atoms with Crippen molar-refractivity contribution in [3.05, 3.63) is 120 Å². The van der Waals surface area contributed by atoms with Gasteiger partial charge >= 0.3 is 0 Å². The summed E-state index contributed by atoms with van der Waals surface area (Å²) in [5, 5.41) is 12.6. The minimum atomic E-state index is -5.31. The number of morpholine rings is 2. The van der Waals surface area contributed by atoms with Gasteiger partial charge in [0.25, 0.3) is 20.2 Å². The van der Waals surface area contributed by atoms with Gasteiger partial charge in [0.05, 0.1) is 26.4 Å². The van der Waals surface area contributed by atoms with Gasteiger partial charge in [-0.2, -0.15) is 46.7 Å². The van der Waals surface area contributed by atoms with Crippen LogP contribution in [0.3, 0.4) is 0 Å². The molecule has 6 aromatic rings. The number of hydrogen-bond donors (Lipinski definition) is 6. The summed E-state index contributed by atoms with van der Waals surface area (Å²) in [4.78, 5) is 31.4. The van der Waals surface area contributed by atoms with Crippen LogP contribution in [0.5, 0.6) is 0 Å². The monoisotopic (exact) mass is 882 g/mol. The molecule has 8 rings (SSSR count). The molecule has 2 aromatic heterocycles. The summed E-state index contributed by atoms with van der Waals surface area (Å²) in [6.45, 7) is 4.24. The number of nitrogens with zero attached hydrogens (tertiary/aromatic N) is 8. The molecule has 0 saturated carbocycles. The summed E-state index contributed by atoms with van der Waals surface area (Å²) < 4.78 is 81.5. The fourth-order valence-corrected chi connectivity index (χ4v) is 9.69. The largest absolute Gasteiger partial charge is 0.378 e. The second-order valence-electron chi connectivity index (χ2n) is 14.2. The first-order chi connectivity index (χ1) is 29.9. The van der Waals surface area contributed by atoms with E-state index in [9.17, 15) is 25.9 Å². The number of benzene rings is 4. The quantitative estimate of drug-likeness (QED) is 0.0762. The maximum absolute atomic E-state index is 13.5. The fourth-order valence-electron chi connectivity index (χ4n) is 6.93. The smallest absolute Gasteiger partial charge is 0.280 e. The van der Waals surface area contributed by atoms with Crippen LogP contribution in [0.4, 0.5) is 58.4 Å². The van der Waals surface area contributed by atoms with Crippen LogP contribution in [0, 0.1) is 0 Å². The summed E-state index contributed by atoms with van der Waals surface area (Å²) in [6, 6.07) is 29.9. The molecule has 20 nitrogen and oxygen atoms in total. The van der Waals surface area contributed by atoms with Crippen molar-refractivity contribution in [3.63, 3.8) is 0 Å². The van der Waals surface area contributed by atoms with Gasteiger partial charge in [-0.25, -0.2) is 0 Å². The summed E-state index contributed by atoms with van der Waals surface area (Å²) in [6.07, 6.45) is 0. The van der Waals surface area contributed by atoms with Crippen molar-refractivity contribution in [1.29, 1.82) is 0 Å². The van der Waals surface area contributed by atoms with E-state index in [4.69, 9.17) is 9.47 Å². The zero-order chi connectivity index (χ0) is 43.2. The Morgan fingerprint density at radius 1 is 0.484 bits per heavy atom. The molecule has 4 heterocycles. The second kappa shape index (κ2) is 18.2. The van der Waals surface area contributed by atoms with Gasteiger partial charge in [-0.15, -0.1) is 0 Å². The number of nitrogens with one attached hydrogen (secondary N) is 4. The van der Waals surface area contributed by atoms with Gasteiger partial charge in [-0.1, -0.05) is 60.7 Å². The Bertz CT molecular complexity index is 2540. The highest BCUT2D eigenvalue weighted by Gasteiger charge is 2.50. The normalized spacial score (nSPS) is 14.9. The third-order valence-electron chi connectivity index (χ3n) is 9.94. The Balaban J connectivity index is 1.09. The van der Waals surface area contributed by atoms with E-state index in [0.717, 1.165) is 11.4 Å². The molecular formula is C40H42N12O8S2. The van der Waals surface area contributed by atoms with Gasteiger partial charge < -0.3 is 40.5 Å². The zero-order valence-electron chi connectivity index (χ0n) is 33.0. The maximum atomic E-state index is 13.5. The van der Waals surface area contributed by atoms with Crippen LogP contribution in [0.25, 0.3) is 0 Å². The Morgan fingerprint density at radius 3 is 1.11 bits per heavy atom. The van der Waals surface area contributed by atoms with Crippen molar-refractivity contribution < 1.29 is 35.4 Å². The molecule has 0 atom stereocenters. The number of rotatable bonds is 15. The summed E-state index contributed by atoms with van der Waals surface area (Å²) in [5.74, 6) is 0.250. The molecule has 2 fully saturated rings. The molecule has 62 heavy (non-hydrogen) atoms. The molecule has 0 amide bonds. The van der Waals surface area contributed by atoms with Gasteiger partial charge in [0.1, 0.15) is 5.75 Å². The Kier molecular flexibility index (Phi) is 12.4. The average Bonchev–Trinajstić information content (AvgIpc) is 3.27. The minimum Gasteiger partial charge on any atom is -0.378 e. The van der Waals surface area contributed by atoms with E-state index in [2.05, 4.69) is 51.2 Å². The van der Waals surface area contributed by atoms with E-state index in [1.807, 2.05) is 70.5 Å². The maximum Gasteiger partial charge on any atom is 0.280 e. The lowest BCUT2D eigenvalue weighted by Crippen LogP contribution is -2.43. The number of para-hydroxylation sites is 2. The molecular weight excluding hydrogens is 841 g/mol. The van der Waals surface area contributed by atoms with Crippen molar-refractivity contribution in [2.75, 3.05) is 89.4 Å². The Hall–Kier alpha value is -6.56. The van der Waals surface area contributed by atoms with Gasteiger partial charge in [0, 0.05) is 48.9 Å². The molecule has 0 radical (unpaired) electrons. The van der Waals surface area contributed by atoms with Crippen molar-refractivity contribution in [1.82, 2.24) is 29.9 Å². The summed E-state index contributed by atoms with van der Waals surface area (Å²) >= 11 is 0. The standard InChI is InChI=1S/C40H42N12O8S2/c53-61(54,55)27-40(62(56,57)58,28-11-15-32(16-12-28)43-36-45-34(41-30-7-3-1-4-8-30)47-38(49-36)51-19-23-59-24-20-51)29-13-17-33(18-14-29)44-37-46-35(42-31-9-5-2-6-10-31)48-39(50-37)52-21-25-60-26-22-52/h1-18H,19-27H2,(H,53,54,55)(H,56,57,58)(H2,41,43,45,47,49)(H2,42,44,46,48,50). The van der Waals surface area contributed by atoms with Crippen LogP contribution in [0.1, 0.15) is 11.1 Å². The molecule has 0 aliphatic carbocycles. The average molecular weight is 883 g/mol. The molecule has 6 N–H and O–H groups in total. The first-order valence-corrected chi connectivity index (χ1v) is 22.4. The summed E-state index contributed by atoms with van der Waals surface area (Å²) in [5.41, 5.74) is 1.99. The molecule has 0 bridgehead atoms. The van der Waals surface area contributed by atoms with E-state index in [1.165, 1.54) is 48.5 Å². The number of aromatic nitrogens is 6. The number of ether oxygens (including phenoxy) is 2. The molecule has 2 saturated heterocycles.